The molecule has 9 heteroatoms. The van der Waals surface area contributed by atoms with Crippen molar-refractivity contribution in [2.45, 2.75) is 13.0 Å². The number of nitrogens with zero attached hydrogens (tertiary/aromatic N) is 2. The maximum absolute atomic E-state index is 12.0. The Balaban J connectivity index is 1.42. The van der Waals surface area contributed by atoms with Crippen LogP contribution in [0.1, 0.15) is 12.5 Å². The Hall–Kier alpha value is -3.64. The summed E-state index contributed by atoms with van der Waals surface area (Å²) in [5.74, 6) is -0.471. The molecule has 0 fully saturated rings. The summed E-state index contributed by atoms with van der Waals surface area (Å²) in [5, 5.41) is 12.3. The van der Waals surface area contributed by atoms with Gasteiger partial charge in [0.2, 0.25) is 0 Å². The van der Waals surface area contributed by atoms with Crippen molar-refractivity contribution in [1.82, 2.24) is 15.8 Å². The van der Waals surface area contributed by atoms with Crippen LogP contribution in [0.25, 0.3) is 10.2 Å². The van der Waals surface area contributed by atoms with Gasteiger partial charge in [-0.05, 0) is 43.3 Å². The van der Waals surface area contributed by atoms with Gasteiger partial charge in [-0.2, -0.15) is 5.26 Å². The summed E-state index contributed by atoms with van der Waals surface area (Å²) in [4.78, 5) is 28.3. The molecule has 3 aromatic rings. The average Bonchev–Trinajstić information content (AvgIpc) is 3.14. The summed E-state index contributed by atoms with van der Waals surface area (Å²) < 4.78 is 6.49. The largest absolute Gasteiger partial charge is 0.481 e. The summed E-state index contributed by atoms with van der Waals surface area (Å²) in [5.41, 5.74) is 6.00. The summed E-state index contributed by atoms with van der Waals surface area (Å²) >= 11 is 1.44. The molecule has 3 rings (SSSR count). The third-order valence-electron chi connectivity index (χ3n) is 3.68. The molecule has 8 nitrogen and oxygen atoms in total. The number of hydrogen-bond donors (Lipinski definition) is 3. The van der Waals surface area contributed by atoms with E-state index in [1.165, 1.54) is 11.3 Å². The average molecular weight is 395 g/mol. The summed E-state index contributed by atoms with van der Waals surface area (Å²) in [6.45, 7) is 1.52. The molecule has 2 aromatic carbocycles. The number of fused-ring (bicyclic) bond motifs is 1. The monoisotopic (exact) mass is 395 g/mol. The number of thiazole rings is 1. The van der Waals surface area contributed by atoms with E-state index >= 15 is 0 Å². The Morgan fingerprint density at radius 2 is 1.93 bits per heavy atom. The van der Waals surface area contributed by atoms with Gasteiger partial charge in [0.1, 0.15) is 5.75 Å². The lowest BCUT2D eigenvalue weighted by atomic mass is 10.2. The fourth-order valence-electron chi connectivity index (χ4n) is 2.25. The molecule has 0 aliphatic rings. The molecule has 0 unspecified atom stereocenters. The highest BCUT2D eigenvalue weighted by Crippen LogP contribution is 2.24. The van der Waals surface area contributed by atoms with Crippen LogP contribution < -0.4 is 20.9 Å². The normalized spacial score (nSPS) is 11.3. The van der Waals surface area contributed by atoms with Crippen LogP contribution in [-0.4, -0.2) is 29.4 Å². The second kappa shape index (κ2) is 8.83. The first-order chi connectivity index (χ1) is 13.5. The molecule has 0 spiro atoms. The number of nitrogens with one attached hydrogen (secondary N) is 3. The van der Waals surface area contributed by atoms with E-state index in [2.05, 4.69) is 21.2 Å². The number of amides is 2. The van der Waals surface area contributed by atoms with Gasteiger partial charge in [0.15, 0.2) is 11.2 Å². The molecule has 0 radical (unpaired) electrons. The number of carbonyl (C=O) groups excluding carboxylic acids is 2. The molecule has 142 valence electrons. The van der Waals surface area contributed by atoms with Crippen molar-refractivity contribution in [1.29, 1.82) is 5.26 Å². The topological polar surface area (TPSA) is 116 Å². The number of carbonyl (C=O) groups is 2. The lowest BCUT2D eigenvalue weighted by molar-refractivity contribution is -0.132. The zero-order valence-electron chi connectivity index (χ0n) is 14.9. The fourth-order valence-corrected chi connectivity index (χ4v) is 3.11. The number of anilines is 1. The van der Waals surface area contributed by atoms with Crippen LogP contribution in [0.4, 0.5) is 5.13 Å². The van der Waals surface area contributed by atoms with Gasteiger partial charge in [-0.25, -0.2) is 4.98 Å². The Morgan fingerprint density at radius 1 is 1.18 bits per heavy atom. The first kappa shape index (κ1) is 19.1. The predicted molar refractivity (Wildman–Crippen MR) is 106 cm³/mol. The number of hydrogen-bond acceptors (Lipinski definition) is 7. The van der Waals surface area contributed by atoms with Crippen LogP contribution in [-0.2, 0) is 9.59 Å². The second-order valence-electron chi connectivity index (χ2n) is 5.77. The molecule has 2 amide bonds. The van der Waals surface area contributed by atoms with Crippen molar-refractivity contribution in [3.8, 4) is 11.8 Å². The van der Waals surface area contributed by atoms with E-state index in [1.807, 2.05) is 30.3 Å². The van der Waals surface area contributed by atoms with Gasteiger partial charge in [-0.15, -0.1) is 0 Å². The Labute approximate surface area is 165 Å². The highest BCUT2D eigenvalue weighted by molar-refractivity contribution is 7.22. The van der Waals surface area contributed by atoms with Gasteiger partial charge in [0, 0.05) is 0 Å². The molecular weight excluding hydrogens is 378 g/mol. The van der Waals surface area contributed by atoms with Gasteiger partial charge in [-0.3, -0.25) is 20.4 Å². The van der Waals surface area contributed by atoms with E-state index in [0.29, 0.717) is 16.4 Å². The van der Waals surface area contributed by atoms with Crippen molar-refractivity contribution in [2.24, 2.45) is 0 Å². The summed E-state index contributed by atoms with van der Waals surface area (Å²) in [6, 6.07) is 16.1. The molecule has 0 aliphatic heterocycles. The second-order valence-corrected chi connectivity index (χ2v) is 6.80. The lowest BCUT2D eigenvalue weighted by Crippen LogP contribution is -2.48. The molecule has 1 atom stereocenters. The first-order valence-corrected chi connectivity index (χ1v) is 9.22. The minimum Gasteiger partial charge on any atom is -0.481 e. The van der Waals surface area contributed by atoms with E-state index < -0.39 is 17.9 Å². The zero-order chi connectivity index (χ0) is 19.9. The van der Waals surface area contributed by atoms with Gasteiger partial charge in [-0.1, -0.05) is 23.5 Å². The first-order valence-electron chi connectivity index (χ1n) is 8.40. The number of rotatable bonds is 6. The predicted octanol–water partition coefficient (Wildman–Crippen LogP) is 2.19. The highest BCUT2D eigenvalue weighted by atomic mass is 32.1. The molecule has 0 aliphatic carbocycles. The number of para-hydroxylation sites is 1. The third kappa shape index (κ3) is 4.96. The van der Waals surface area contributed by atoms with E-state index in [9.17, 15) is 9.59 Å². The van der Waals surface area contributed by atoms with Gasteiger partial charge < -0.3 is 10.1 Å². The molecule has 28 heavy (non-hydrogen) atoms. The summed E-state index contributed by atoms with van der Waals surface area (Å²) in [6.07, 6.45) is -0.828. The van der Waals surface area contributed by atoms with Crippen molar-refractivity contribution in [3.05, 3.63) is 54.1 Å². The maximum atomic E-state index is 12.0. The highest BCUT2D eigenvalue weighted by Gasteiger charge is 2.15. The van der Waals surface area contributed by atoms with Crippen molar-refractivity contribution in [2.75, 3.05) is 11.9 Å². The van der Waals surface area contributed by atoms with E-state index in [1.54, 1.807) is 31.2 Å². The standard InChI is InChI=1S/C19H17N5O3S/c1-12(27-14-8-6-13(10-20)7-9-14)18(26)24-23-17(25)11-21-19-22-15-4-2-3-5-16(15)28-19/h2-9,12H,11H2,1H3,(H,21,22)(H,23,25)(H,24,26)/t12-/m1/s1. The van der Waals surface area contributed by atoms with Crippen molar-refractivity contribution < 1.29 is 14.3 Å². The molecule has 1 heterocycles. The van der Waals surface area contributed by atoms with Crippen LogP contribution in [0.15, 0.2) is 48.5 Å². The Morgan fingerprint density at radius 3 is 2.64 bits per heavy atom. The van der Waals surface area contributed by atoms with Crippen LogP contribution in [0, 0.1) is 11.3 Å². The SMILES string of the molecule is C[C@@H](Oc1ccc(C#N)cc1)C(=O)NNC(=O)CNc1nc2ccccc2s1. The van der Waals surface area contributed by atoms with Crippen LogP contribution >= 0.6 is 11.3 Å². The minimum absolute atomic E-state index is 0.0367. The van der Waals surface area contributed by atoms with E-state index in [-0.39, 0.29) is 6.54 Å². The molecule has 1 aromatic heterocycles. The fraction of sp³-hybridized carbons (Fsp3) is 0.158. The summed E-state index contributed by atoms with van der Waals surface area (Å²) in [7, 11) is 0. The molecule has 0 saturated heterocycles. The number of ether oxygens (including phenoxy) is 1. The molecule has 0 saturated carbocycles. The van der Waals surface area contributed by atoms with Gasteiger partial charge >= 0.3 is 0 Å². The third-order valence-corrected chi connectivity index (χ3v) is 4.68. The van der Waals surface area contributed by atoms with Gasteiger partial charge in [0.25, 0.3) is 11.8 Å². The minimum atomic E-state index is -0.828. The van der Waals surface area contributed by atoms with Gasteiger partial charge in [0.05, 0.1) is 28.4 Å². The number of benzene rings is 2. The maximum Gasteiger partial charge on any atom is 0.279 e. The van der Waals surface area contributed by atoms with Crippen molar-refractivity contribution in [3.63, 3.8) is 0 Å². The Kier molecular flexibility index (Phi) is 6.04. The zero-order valence-corrected chi connectivity index (χ0v) is 15.7. The molecular formula is C19H17N5O3S. The smallest absolute Gasteiger partial charge is 0.279 e. The van der Waals surface area contributed by atoms with Crippen LogP contribution in [0.2, 0.25) is 0 Å². The van der Waals surface area contributed by atoms with Crippen LogP contribution in [0.5, 0.6) is 5.75 Å². The van der Waals surface area contributed by atoms with E-state index in [4.69, 9.17) is 10.00 Å². The molecule has 0 bridgehead atoms. The Bertz CT molecular complexity index is 993. The lowest BCUT2D eigenvalue weighted by Gasteiger charge is -2.15. The molecule has 3 N–H and O–H groups in total. The number of nitriles is 1. The van der Waals surface area contributed by atoms with Crippen molar-refractivity contribution >= 4 is 38.5 Å². The number of hydrazine groups is 1. The van der Waals surface area contributed by atoms with Crippen LogP contribution in [0.3, 0.4) is 0 Å². The number of aromatic nitrogens is 1. The quantitative estimate of drug-likeness (QED) is 0.551. The van der Waals surface area contributed by atoms with E-state index in [0.717, 1.165) is 10.2 Å².